The maximum absolute atomic E-state index is 12.5. The second-order valence-corrected chi connectivity index (χ2v) is 6.45. The van der Waals surface area contributed by atoms with E-state index in [1.54, 1.807) is 0 Å². The third kappa shape index (κ3) is 3.18. The fourth-order valence-corrected chi connectivity index (χ4v) is 3.89. The van der Waals surface area contributed by atoms with Crippen LogP contribution in [0.1, 0.15) is 16.0 Å². The number of hydrogen-bond donors (Lipinski definition) is 1. The molecule has 1 aromatic carbocycles. The summed E-state index contributed by atoms with van der Waals surface area (Å²) in [6.07, 6.45) is 0.577. The molecule has 0 fully saturated rings. The summed E-state index contributed by atoms with van der Waals surface area (Å²) in [5.41, 5.74) is 7.25. The smallest absolute Gasteiger partial charge is 0.387 e. The van der Waals surface area contributed by atoms with Gasteiger partial charge in [-0.1, -0.05) is 0 Å². The summed E-state index contributed by atoms with van der Waals surface area (Å²) in [5, 5.41) is 20.6. The Morgan fingerprint density at radius 3 is 2.88 bits per heavy atom. The van der Waals surface area contributed by atoms with Crippen molar-refractivity contribution in [2.75, 3.05) is 17.2 Å². The fraction of sp³-hybridized carbons (Fsp3) is 0.267. The van der Waals surface area contributed by atoms with E-state index >= 15 is 0 Å². The highest BCUT2D eigenvalue weighted by molar-refractivity contribution is 7.16. The van der Waals surface area contributed by atoms with Gasteiger partial charge in [-0.05, 0) is 18.1 Å². The predicted octanol–water partition coefficient (Wildman–Crippen LogP) is 3.27. The summed E-state index contributed by atoms with van der Waals surface area (Å²) in [6, 6.07) is 5.97. The maximum atomic E-state index is 12.5. The number of nitro groups is 1. The molecule has 0 spiro atoms. The van der Waals surface area contributed by atoms with E-state index in [9.17, 15) is 18.9 Å². The number of hydrogen-bond acceptors (Lipinski definition) is 7. The number of anilines is 2. The molecular weight excluding hydrogens is 354 g/mol. The highest BCUT2D eigenvalue weighted by atomic mass is 32.1. The van der Waals surface area contributed by atoms with Crippen molar-refractivity contribution in [1.82, 2.24) is 0 Å². The van der Waals surface area contributed by atoms with Crippen molar-refractivity contribution in [2.24, 2.45) is 0 Å². The van der Waals surface area contributed by atoms with Gasteiger partial charge in [0.2, 0.25) is 5.75 Å². The van der Waals surface area contributed by atoms with Crippen LogP contribution in [0.3, 0.4) is 0 Å². The minimum atomic E-state index is -3.16. The van der Waals surface area contributed by atoms with Crippen LogP contribution in [-0.2, 0) is 13.0 Å². The number of benzene rings is 1. The zero-order valence-electron chi connectivity index (χ0n) is 12.7. The van der Waals surface area contributed by atoms with Crippen molar-refractivity contribution < 1.29 is 18.4 Å². The average molecular weight is 366 g/mol. The van der Waals surface area contributed by atoms with Crippen molar-refractivity contribution in [3.63, 3.8) is 0 Å². The molecule has 0 saturated carbocycles. The summed E-state index contributed by atoms with van der Waals surface area (Å²) in [4.78, 5) is 13.0. The zero-order valence-corrected chi connectivity index (χ0v) is 13.6. The first-order valence-electron chi connectivity index (χ1n) is 7.19. The molecule has 3 rings (SSSR count). The molecule has 1 aliphatic rings. The summed E-state index contributed by atoms with van der Waals surface area (Å²) in [6.45, 7) is -2.18. The van der Waals surface area contributed by atoms with E-state index in [0.29, 0.717) is 35.8 Å². The quantitative estimate of drug-likeness (QED) is 0.658. The van der Waals surface area contributed by atoms with Crippen LogP contribution >= 0.6 is 11.3 Å². The van der Waals surface area contributed by atoms with Crippen molar-refractivity contribution in [3.8, 4) is 11.8 Å². The lowest BCUT2D eigenvalue weighted by atomic mass is 10.0. The Bertz CT molecular complexity index is 878. The Labute approximate surface area is 145 Å². The molecule has 0 saturated heterocycles. The average Bonchev–Trinajstić information content (AvgIpc) is 2.87. The van der Waals surface area contributed by atoms with Crippen LogP contribution in [0.25, 0.3) is 0 Å². The van der Waals surface area contributed by atoms with Gasteiger partial charge in [0.1, 0.15) is 11.1 Å². The minimum absolute atomic E-state index is 0.442. The molecule has 0 aliphatic carbocycles. The van der Waals surface area contributed by atoms with Gasteiger partial charge in [0, 0.05) is 29.2 Å². The van der Waals surface area contributed by atoms with Crippen LogP contribution in [0.5, 0.6) is 5.75 Å². The molecule has 1 aliphatic heterocycles. The molecule has 2 heterocycles. The Hall–Kier alpha value is -2.93. The Morgan fingerprint density at radius 1 is 1.48 bits per heavy atom. The van der Waals surface area contributed by atoms with Gasteiger partial charge < -0.3 is 15.4 Å². The van der Waals surface area contributed by atoms with Gasteiger partial charge in [0.15, 0.2) is 0 Å². The molecule has 0 unspecified atom stereocenters. The van der Waals surface area contributed by atoms with E-state index in [1.165, 1.54) is 23.5 Å². The number of nitro benzene ring substituents is 1. The summed E-state index contributed by atoms with van der Waals surface area (Å²) >= 11 is 1.32. The number of nitriles is 1. The second kappa shape index (κ2) is 6.52. The Kier molecular flexibility index (Phi) is 4.41. The molecule has 25 heavy (non-hydrogen) atoms. The largest absolute Gasteiger partial charge is 0.427 e. The highest BCUT2D eigenvalue weighted by Crippen LogP contribution is 2.38. The molecule has 0 amide bonds. The van der Waals surface area contributed by atoms with E-state index in [-0.39, 0.29) is 0 Å². The van der Waals surface area contributed by atoms with Crippen LogP contribution in [0.2, 0.25) is 0 Å². The van der Waals surface area contributed by atoms with Gasteiger partial charge in [-0.3, -0.25) is 10.1 Å². The first kappa shape index (κ1) is 16.9. The monoisotopic (exact) mass is 366 g/mol. The lowest BCUT2D eigenvalue weighted by Crippen LogP contribution is -2.29. The first-order valence-corrected chi connectivity index (χ1v) is 8.00. The summed E-state index contributed by atoms with van der Waals surface area (Å²) in [5.74, 6) is -0.480. The van der Waals surface area contributed by atoms with Crippen molar-refractivity contribution in [3.05, 3.63) is 44.3 Å². The number of rotatable bonds is 4. The summed E-state index contributed by atoms with van der Waals surface area (Å²) < 4.78 is 29.3. The zero-order chi connectivity index (χ0) is 18.1. The van der Waals surface area contributed by atoms with Crippen LogP contribution in [0, 0.1) is 21.4 Å². The number of nitrogen functional groups attached to an aromatic ring is 1. The molecule has 130 valence electrons. The molecule has 10 heteroatoms. The topological polar surface area (TPSA) is 105 Å². The Morgan fingerprint density at radius 2 is 2.24 bits per heavy atom. The van der Waals surface area contributed by atoms with Crippen molar-refractivity contribution in [2.45, 2.75) is 19.6 Å². The van der Waals surface area contributed by atoms with Crippen LogP contribution < -0.4 is 15.4 Å². The Balaban J connectivity index is 1.92. The number of alkyl halides is 2. The van der Waals surface area contributed by atoms with Crippen LogP contribution in [0.4, 0.5) is 25.2 Å². The molecule has 0 bridgehead atoms. The lowest BCUT2D eigenvalue weighted by Gasteiger charge is -2.29. The molecule has 2 aromatic rings. The highest BCUT2D eigenvalue weighted by Gasteiger charge is 2.26. The van der Waals surface area contributed by atoms with E-state index in [1.807, 2.05) is 4.90 Å². The number of halogens is 2. The van der Waals surface area contributed by atoms with E-state index in [0.717, 1.165) is 16.5 Å². The van der Waals surface area contributed by atoms with E-state index in [2.05, 4.69) is 10.8 Å². The van der Waals surface area contributed by atoms with Gasteiger partial charge in [-0.25, -0.2) is 0 Å². The number of nitrogens with zero attached hydrogens (tertiary/aromatic N) is 3. The fourth-order valence-electron chi connectivity index (χ4n) is 2.81. The SMILES string of the molecule is N#Cc1c(N)sc2c1CCN(c1ccc([N+](=O)[O-])c(OC(F)F)c1)C2. The van der Waals surface area contributed by atoms with Crippen LogP contribution in [-0.4, -0.2) is 18.1 Å². The predicted molar refractivity (Wildman–Crippen MR) is 87.9 cm³/mol. The first-order chi connectivity index (χ1) is 11.9. The van der Waals surface area contributed by atoms with Gasteiger partial charge in [0.25, 0.3) is 0 Å². The maximum Gasteiger partial charge on any atom is 0.387 e. The molecule has 2 N–H and O–H groups in total. The number of nitrogens with two attached hydrogens (primary N) is 1. The van der Waals surface area contributed by atoms with Gasteiger partial charge >= 0.3 is 12.3 Å². The van der Waals surface area contributed by atoms with Crippen molar-refractivity contribution in [1.29, 1.82) is 5.26 Å². The van der Waals surface area contributed by atoms with Crippen LogP contribution in [0.15, 0.2) is 18.2 Å². The molecule has 0 atom stereocenters. The van der Waals surface area contributed by atoms with Gasteiger partial charge in [-0.15, -0.1) is 11.3 Å². The van der Waals surface area contributed by atoms with Gasteiger partial charge in [0.05, 0.1) is 17.0 Å². The summed E-state index contributed by atoms with van der Waals surface area (Å²) in [7, 11) is 0. The number of thiophene rings is 1. The standard InChI is InChI=1S/C15H12F2N4O3S/c16-15(17)24-12-5-8(1-2-11(12)21(22)23)20-4-3-9-10(6-18)14(19)25-13(9)7-20/h1-2,5,15H,3-4,7,19H2. The third-order valence-electron chi connectivity index (χ3n) is 3.92. The third-order valence-corrected chi connectivity index (χ3v) is 4.96. The number of fused-ring (bicyclic) bond motifs is 1. The molecule has 7 nitrogen and oxygen atoms in total. The lowest BCUT2D eigenvalue weighted by molar-refractivity contribution is -0.386. The van der Waals surface area contributed by atoms with E-state index in [4.69, 9.17) is 11.0 Å². The normalized spacial score (nSPS) is 13.4. The number of ether oxygens (including phenoxy) is 1. The van der Waals surface area contributed by atoms with Crippen molar-refractivity contribution >= 4 is 27.7 Å². The molecule has 0 radical (unpaired) electrons. The second-order valence-electron chi connectivity index (χ2n) is 5.31. The minimum Gasteiger partial charge on any atom is -0.427 e. The van der Waals surface area contributed by atoms with Gasteiger partial charge in [-0.2, -0.15) is 14.0 Å². The molecular formula is C15H12F2N4O3S. The molecule has 1 aromatic heterocycles. The van der Waals surface area contributed by atoms with E-state index < -0.39 is 23.0 Å².